The number of unbranched alkanes of at least 4 members (excludes halogenated alkanes) is 2. The fourth-order valence-corrected chi connectivity index (χ4v) is 6.31. The van der Waals surface area contributed by atoms with Gasteiger partial charge in [-0.1, -0.05) is 38.1 Å². The van der Waals surface area contributed by atoms with Crippen molar-refractivity contribution in [2.24, 2.45) is 0 Å². The largest absolute Gasteiger partial charge is 0.494 e. The van der Waals surface area contributed by atoms with Crippen molar-refractivity contribution >= 4 is 35.1 Å². The van der Waals surface area contributed by atoms with Crippen LogP contribution in [0.25, 0.3) is 0 Å². The Kier molecular flexibility index (Phi) is 10.7. The first-order valence-electron chi connectivity index (χ1n) is 17.4. The van der Waals surface area contributed by atoms with E-state index in [2.05, 4.69) is 58.7 Å². The molecule has 0 bridgehead atoms. The molecule has 0 saturated carbocycles. The summed E-state index contributed by atoms with van der Waals surface area (Å²) in [6.07, 6.45) is 4.46. The van der Waals surface area contributed by atoms with Crippen LogP contribution in [0.4, 0.5) is 5.69 Å². The lowest BCUT2D eigenvalue weighted by Crippen LogP contribution is -2.54. The molecule has 6 rings (SSSR count). The quantitative estimate of drug-likeness (QED) is 0.0902. The second-order valence-electron chi connectivity index (χ2n) is 13.4. The standard InChI is InChI=1S/C40H41N5O7/c1-25(46)36-42-21-19-29(43-36)24-52-31-14-9-27(10-15-31)40(2,3)26-7-12-30(13-8-26)51-22-6-4-5-20-41-28-11-16-32-33(23-28)39(50)45(38(32)49)34-17-18-35(47)44-37(34)48/h7-16,19,21,23,34,41H,4-6,17-18,20,22,24H2,1-3H3,(H,44,47,48). The topological polar surface area (TPSA) is 157 Å². The number of carbonyl (C=O) groups is 5. The number of anilines is 1. The number of amides is 4. The Hall–Kier alpha value is -5.91. The Bertz CT molecular complexity index is 1990. The maximum atomic E-state index is 13.1. The molecule has 4 aromatic rings. The summed E-state index contributed by atoms with van der Waals surface area (Å²) in [5.74, 6) is -0.548. The predicted molar refractivity (Wildman–Crippen MR) is 192 cm³/mol. The zero-order chi connectivity index (χ0) is 36.8. The maximum absolute atomic E-state index is 13.1. The zero-order valence-corrected chi connectivity index (χ0v) is 29.4. The smallest absolute Gasteiger partial charge is 0.262 e. The number of piperidine rings is 1. The van der Waals surface area contributed by atoms with Crippen molar-refractivity contribution in [3.8, 4) is 11.5 Å². The number of nitrogens with one attached hydrogen (secondary N) is 2. The van der Waals surface area contributed by atoms with Gasteiger partial charge in [-0.25, -0.2) is 9.97 Å². The molecule has 3 aromatic carbocycles. The molecule has 2 aliphatic heterocycles. The molecule has 1 fully saturated rings. The van der Waals surface area contributed by atoms with Gasteiger partial charge in [0.1, 0.15) is 24.1 Å². The average Bonchev–Trinajstić information content (AvgIpc) is 3.38. The summed E-state index contributed by atoms with van der Waals surface area (Å²) in [5, 5.41) is 5.52. The number of Topliss-reactive ketones (excluding diaryl/α,β-unsaturated/α-hetero) is 1. The maximum Gasteiger partial charge on any atom is 0.262 e. The summed E-state index contributed by atoms with van der Waals surface area (Å²) in [6, 6.07) is 21.9. The van der Waals surface area contributed by atoms with Gasteiger partial charge in [0.2, 0.25) is 11.8 Å². The summed E-state index contributed by atoms with van der Waals surface area (Å²) < 4.78 is 11.9. The molecular weight excluding hydrogens is 662 g/mol. The highest BCUT2D eigenvalue weighted by molar-refractivity contribution is 6.23. The first-order valence-corrected chi connectivity index (χ1v) is 17.4. The third-order valence-corrected chi connectivity index (χ3v) is 9.43. The number of rotatable bonds is 15. The minimum Gasteiger partial charge on any atom is -0.494 e. The van der Waals surface area contributed by atoms with Crippen molar-refractivity contribution in [1.82, 2.24) is 20.2 Å². The van der Waals surface area contributed by atoms with Crippen LogP contribution in [0.15, 0.2) is 79.0 Å². The Balaban J connectivity index is 0.912. The molecule has 1 aromatic heterocycles. The fraction of sp³-hybridized carbons (Fsp3) is 0.325. The van der Waals surface area contributed by atoms with Gasteiger partial charge in [0.25, 0.3) is 11.8 Å². The van der Waals surface area contributed by atoms with E-state index in [0.717, 1.165) is 46.7 Å². The summed E-state index contributed by atoms with van der Waals surface area (Å²) in [4.78, 5) is 70.5. The Morgan fingerprint density at radius 3 is 2.21 bits per heavy atom. The number of carbonyl (C=O) groups excluding carboxylic acids is 5. The highest BCUT2D eigenvalue weighted by Gasteiger charge is 2.44. The van der Waals surface area contributed by atoms with E-state index in [1.807, 2.05) is 24.3 Å². The molecule has 52 heavy (non-hydrogen) atoms. The molecule has 1 saturated heterocycles. The fourth-order valence-electron chi connectivity index (χ4n) is 6.31. The number of fused-ring (bicyclic) bond motifs is 1. The van der Waals surface area contributed by atoms with Crippen LogP contribution in [0.2, 0.25) is 0 Å². The molecule has 0 radical (unpaired) electrons. The lowest BCUT2D eigenvalue weighted by atomic mass is 9.78. The van der Waals surface area contributed by atoms with Crippen LogP contribution in [0.5, 0.6) is 11.5 Å². The monoisotopic (exact) mass is 703 g/mol. The van der Waals surface area contributed by atoms with E-state index in [9.17, 15) is 24.0 Å². The van der Waals surface area contributed by atoms with Gasteiger partial charge < -0.3 is 14.8 Å². The molecule has 2 aliphatic rings. The van der Waals surface area contributed by atoms with Crippen LogP contribution >= 0.6 is 0 Å². The predicted octanol–water partition coefficient (Wildman–Crippen LogP) is 5.65. The van der Waals surface area contributed by atoms with E-state index in [1.54, 1.807) is 30.5 Å². The molecule has 1 atom stereocenters. The van der Waals surface area contributed by atoms with E-state index >= 15 is 0 Å². The van der Waals surface area contributed by atoms with E-state index in [4.69, 9.17) is 9.47 Å². The number of nitrogens with zero attached hydrogens (tertiary/aromatic N) is 3. The van der Waals surface area contributed by atoms with Gasteiger partial charge in [-0.3, -0.25) is 34.2 Å². The van der Waals surface area contributed by atoms with Gasteiger partial charge in [-0.05, 0) is 85.3 Å². The van der Waals surface area contributed by atoms with E-state index in [0.29, 0.717) is 24.6 Å². The Morgan fingerprint density at radius 1 is 0.865 bits per heavy atom. The highest BCUT2D eigenvalue weighted by atomic mass is 16.5. The number of benzene rings is 3. The van der Waals surface area contributed by atoms with Gasteiger partial charge in [0.15, 0.2) is 11.6 Å². The third-order valence-electron chi connectivity index (χ3n) is 9.43. The molecule has 0 spiro atoms. The van der Waals surface area contributed by atoms with Gasteiger partial charge in [-0.2, -0.15) is 0 Å². The van der Waals surface area contributed by atoms with Crippen LogP contribution in [0.1, 0.15) is 101 Å². The average molecular weight is 704 g/mol. The first-order chi connectivity index (χ1) is 25.0. The molecule has 3 heterocycles. The van der Waals surface area contributed by atoms with Gasteiger partial charge >= 0.3 is 0 Å². The Morgan fingerprint density at radius 2 is 1.54 bits per heavy atom. The second-order valence-corrected chi connectivity index (χ2v) is 13.4. The van der Waals surface area contributed by atoms with Crippen LogP contribution in [0.3, 0.4) is 0 Å². The molecule has 1 unspecified atom stereocenters. The highest BCUT2D eigenvalue weighted by Crippen LogP contribution is 2.34. The van der Waals surface area contributed by atoms with Crippen LogP contribution in [-0.2, 0) is 21.6 Å². The van der Waals surface area contributed by atoms with Crippen molar-refractivity contribution in [3.63, 3.8) is 0 Å². The van der Waals surface area contributed by atoms with Crippen molar-refractivity contribution in [2.75, 3.05) is 18.5 Å². The molecule has 2 N–H and O–H groups in total. The number of imide groups is 2. The number of aromatic nitrogens is 2. The second kappa shape index (κ2) is 15.5. The molecule has 0 aliphatic carbocycles. The number of ketones is 1. The van der Waals surface area contributed by atoms with Crippen molar-refractivity contribution < 1.29 is 33.4 Å². The molecule has 12 nitrogen and oxygen atoms in total. The lowest BCUT2D eigenvalue weighted by molar-refractivity contribution is -0.136. The minimum atomic E-state index is -0.980. The van der Waals surface area contributed by atoms with Gasteiger partial charge in [0.05, 0.1) is 23.4 Å². The van der Waals surface area contributed by atoms with Gasteiger partial charge in [-0.15, -0.1) is 0 Å². The number of hydrogen-bond acceptors (Lipinski definition) is 10. The summed E-state index contributed by atoms with van der Waals surface area (Å²) in [6.45, 7) is 7.28. The van der Waals surface area contributed by atoms with Crippen LogP contribution < -0.4 is 20.1 Å². The molecule has 12 heteroatoms. The van der Waals surface area contributed by atoms with Crippen LogP contribution in [-0.4, -0.2) is 63.5 Å². The van der Waals surface area contributed by atoms with Crippen molar-refractivity contribution in [2.45, 2.75) is 70.9 Å². The molecular formula is C40H41N5O7. The number of ether oxygens (including phenoxy) is 2. The van der Waals surface area contributed by atoms with E-state index in [1.165, 1.54) is 6.92 Å². The van der Waals surface area contributed by atoms with Crippen molar-refractivity contribution in [1.29, 1.82) is 0 Å². The molecule has 4 amide bonds. The zero-order valence-electron chi connectivity index (χ0n) is 29.4. The van der Waals surface area contributed by atoms with Crippen molar-refractivity contribution in [3.05, 3.63) is 113 Å². The minimum absolute atomic E-state index is 0.0840. The third kappa shape index (κ3) is 8.01. The van der Waals surface area contributed by atoms with E-state index in [-0.39, 0.29) is 47.6 Å². The first kappa shape index (κ1) is 35.9. The number of hydrogen-bond donors (Lipinski definition) is 2. The Labute approximate surface area is 301 Å². The normalized spacial score (nSPS) is 15.7. The lowest BCUT2D eigenvalue weighted by Gasteiger charge is -2.27. The summed E-state index contributed by atoms with van der Waals surface area (Å²) in [7, 11) is 0. The SMILES string of the molecule is CC(=O)c1nccc(COc2ccc(C(C)(C)c3ccc(OCCCCCNc4ccc5c(c4)C(=O)N(C4CCC(=O)NC4=O)C5=O)cc3)cc2)n1. The van der Waals surface area contributed by atoms with Gasteiger partial charge in [0, 0.05) is 37.2 Å². The van der Waals surface area contributed by atoms with Crippen LogP contribution in [0, 0.1) is 0 Å². The summed E-state index contributed by atoms with van der Waals surface area (Å²) in [5.41, 5.74) is 3.91. The summed E-state index contributed by atoms with van der Waals surface area (Å²) >= 11 is 0. The van der Waals surface area contributed by atoms with E-state index < -0.39 is 29.7 Å². The molecule has 268 valence electrons.